The molecule has 5 heteroatoms. The minimum atomic E-state index is -0.124. The molecule has 0 spiro atoms. The van der Waals surface area contributed by atoms with Gasteiger partial charge in [-0.25, -0.2) is 0 Å². The molecule has 0 bridgehead atoms. The van der Waals surface area contributed by atoms with Crippen LogP contribution < -0.4 is 21.1 Å². The molecule has 0 radical (unpaired) electrons. The number of fused-ring (bicyclic) bond motifs is 1. The fourth-order valence-corrected chi connectivity index (χ4v) is 3.12. The van der Waals surface area contributed by atoms with Gasteiger partial charge < -0.3 is 21.1 Å². The van der Waals surface area contributed by atoms with Crippen LogP contribution in [0.4, 0.5) is 17.1 Å². The molecule has 1 aromatic rings. The number of benzene rings is 1. The zero-order valence-corrected chi connectivity index (χ0v) is 12.4. The number of ether oxygens (including phenoxy) is 1. The third kappa shape index (κ3) is 3.23. The van der Waals surface area contributed by atoms with Crippen molar-refractivity contribution in [2.45, 2.75) is 45.1 Å². The molecule has 0 saturated heterocycles. The van der Waals surface area contributed by atoms with Gasteiger partial charge in [-0.1, -0.05) is 19.8 Å². The standard InChI is InChI=1S/C16H23N3O2/c1-10-3-2-4-11(6-5-10)18-13-8-14-15(7-12(13)17)21-9-16(20)19-14/h7-8,10-11,18H,2-6,9,17H2,1H3,(H,19,20). The molecule has 3 rings (SSSR count). The predicted molar refractivity (Wildman–Crippen MR) is 84.6 cm³/mol. The molecule has 1 aliphatic heterocycles. The minimum Gasteiger partial charge on any atom is -0.482 e. The third-order valence-electron chi connectivity index (χ3n) is 4.40. The number of hydrogen-bond acceptors (Lipinski definition) is 4. The van der Waals surface area contributed by atoms with Crippen LogP contribution in [0.1, 0.15) is 39.0 Å². The predicted octanol–water partition coefficient (Wildman–Crippen LogP) is 2.98. The fraction of sp³-hybridized carbons (Fsp3) is 0.562. The summed E-state index contributed by atoms with van der Waals surface area (Å²) in [6.07, 6.45) is 6.15. The molecule has 5 nitrogen and oxygen atoms in total. The second-order valence-electron chi connectivity index (χ2n) is 6.23. The molecule has 2 atom stereocenters. The number of nitrogen functional groups attached to an aromatic ring is 1. The average Bonchev–Trinajstić information content (AvgIpc) is 2.65. The molecule has 114 valence electrons. The van der Waals surface area contributed by atoms with E-state index in [4.69, 9.17) is 10.5 Å². The lowest BCUT2D eigenvalue weighted by Crippen LogP contribution is -2.26. The van der Waals surface area contributed by atoms with E-state index in [1.807, 2.05) is 6.07 Å². The van der Waals surface area contributed by atoms with Crippen LogP contribution in [0.25, 0.3) is 0 Å². The van der Waals surface area contributed by atoms with Gasteiger partial charge in [0.05, 0.1) is 17.1 Å². The van der Waals surface area contributed by atoms with E-state index in [9.17, 15) is 4.79 Å². The van der Waals surface area contributed by atoms with Crippen LogP contribution in [0.2, 0.25) is 0 Å². The van der Waals surface area contributed by atoms with Crippen molar-refractivity contribution < 1.29 is 9.53 Å². The van der Waals surface area contributed by atoms with Gasteiger partial charge in [-0.15, -0.1) is 0 Å². The van der Waals surface area contributed by atoms with Gasteiger partial charge in [0.2, 0.25) is 0 Å². The highest BCUT2D eigenvalue weighted by molar-refractivity contribution is 5.97. The Morgan fingerprint density at radius 2 is 2.14 bits per heavy atom. The number of rotatable bonds is 2. The fourth-order valence-electron chi connectivity index (χ4n) is 3.12. The van der Waals surface area contributed by atoms with E-state index in [1.165, 1.54) is 32.1 Å². The average molecular weight is 289 g/mol. The molecule has 21 heavy (non-hydrogen) atoms. The van der Waals surface area contributed by atoms with E-state index < -0.39 is 0 Å². The Kier molecular flexibility index (Phi) is 3.90. The van der Waals surface area contributed by atoms with Gasteiger partial charge in [-0.3, -0.25) is 4.79 Å². The summed E-state index contributed by atoms with van der Waals surface area (Å²) in [7, 11) is 0. The Hall–Kier alpha value is -1.91. The van der Waals surface area contributed by atoms with Gasteiger partial charge in [0.15, 0.2) is 6.61 Å². The number of carbonyl (C=O) groups is 1. The monoisotopic (exact) mass is 289 g/mol. The van der Waals surface area contributed by atoms with Crippen molar-refractivity contribution in [3.05, 3.63) is 12.1 Å². The summed E-state index contributed by atoms with van der Waals surface area (Å²) in [5.41, 5.74) is 8.36. The molecule has 1 saturated carbocycles. The molecule has 1 amide bonds. The molecule has 4 N–H and O–H groups in total. The number of amides is 1. The normalized spacial score (nSPS) is 25.3. The quantitative estimate of drug-likeness (QED) is 0.578. The van der Waals surface area contributed by atoms with Crippen molar-refractivity contribution >= 4 is 23.0 Å². The molecule has 1 aromatic carbocycles. The smallest absolute Gasteiger partial charge is 0.262 e. The Labute approximate surface area is 125 Å². The first-order chi connectivity index (χ1) is 10.1. The number of nitrogens with two attached hydrogens (primary N) is 1. The molecule has 1 aliphatic carbocycles. The first-order valence-electron chi connectivity index (χ1n) is 7.74. The van der Waals surface area contributed by atoms with E-state index in [0.29, 0.717) is 23.2 Å². The highest BCUT2D eigenvalue weighted by Crippen LogP contribution is 2.36. The summed E-state index contributed by atoms with van der Waals surface area (Å²) in [6.45, 7) is 2.38. The Morgan fingerprint density at radius 3 is 3.00 bits per heavy atom. The van der Waals surface area contributed by atoms with Gasteiger partial charge in [-0.2, -0.15) is 0 Å². The lowest BCUT2D eigenvalue weighted by molar-refractivity contribution is -0.118. The van der Waals surface area contributed by atoms with Crippen molar-refractivity contribution in [1.29, 1.82) is 0 Å². The topological polar surface area (TPSA) is 76.4 Å². The van der Waals surface area contributed by atoms with Crippen molar-refractivity contribution in [3.63, 3.8) is 0 Å². The molecule has 2 unspecified atom stereocenters. The summed E-state index contributed by atoms with van der Waals surface area (Å²) < 4.78 is 5.38. The molecular formula is C16H23N3O2. The largest absolute Gasteiger partial charge is 0.482 e. The number of nitrogens with one attached hydrogen (secondary N) is 2. The number of hydrogen-bond donors (Lipinski definition) is 3. The van der Waals surface area contributed by atoms with Gasteiger partial charge in [0.25, 0.3) is 5.91 Å². The number of anilines is 3. The van der Waals surface area contributed by atoms with Crippen LogP contribution in [0.15, 0.2) is 12.1 Å². The van der Waals surface area contributed by atoms with E-state index in [0.717, 1.165) is 11.6 Å². The van der Waals surface area contributed by atoms with Crippen molar-refractivity contribution in [2.24, 2.45) is 5.92 Å². The maximum absolute atomic E-state index is 11.4. The van der Waals surface area contributed by atoms with Gasteiger partial charge in [0.1, 0.15) is 5.75 Å². The first-order valence-corrected chi connectivity index (χ1v) is 7.74. The highest BCUT2D eigenvalue weighted by atomic mass is 16.5. The maximum Gasteiger partial charge on any atom is 0.262 e. The van der Waals surface area contributed by atoms with E-state index in [2.05, 4.69) is 17.6 Å². The van der Waals surface area contributed by atoms with Crippen LogP contribution in [-0.2, 0) is 4.79 Å². The van der Waals surface area contributed by atoms with Crippen LogP contribution >= 0.6 is 0 Å². The molecular weight excluding hydrogens is 266 g/mol. The van der Waals surface area contributed by atoms with E-state index in [-0.39, 0.29) is 12.5 Å². The van der Waals surface area contributed by atoms with Gasteiger partial charge in [-0.05, 0) is 31.2 Å². The van der Waals surface area contributed by atoms with Crippen LogP contribution in [-0.4, -0.2) is 18.6 Å². The van der Waals surface area contributed by atoms with E-state index >= 15 is 0 Å². The summed E-state index contributed by atoms with van der Waals surface area (Å²) in [5.74, 6) is 1.33. The van der Waals surface area contributed by atoms with Crippen molar-refractivity contribution in [2.75, 3.05) is 23.0 Å². The Balaban J connectivity index is 1.76. The molecule has 0 aromatic heterocycles. The second kappa shape index (κ2) is 5.84. The minimum absolute atomic E-state index is 0.0553. The maximum atomic E-state index is 11.4. The summed E-state index contributed by atoms with van der Waals surface area (Å²) >= 11 is 0. The summed E-state index contributed by atoms with van der Waals surface area (Å²) in [6, 6.07) is 4.13. The lowest BCUT2D eigenvalue weighted by atomic mass is 10.0. The van der Waals surface area contributed by atoms with Crippen LogP contribution in [0.3, 0.4) is 0 Å². The highest BCUT2D eigenvalue weighted by Gasteiger charge is 2.20. The van der Waals surface area contributed by atoms with E-state index in [1.54, 1.807) is 6.07 Å². The summed E-state index contributed by atoms with van der Waals surface area (Å²) in [4.78, 5) is 11.4. The van der Waals surface area contributed by atoms with Gasteiger partial charge >= 0.3 is 0 Å². The van der Waals surface area contributed by atoms with Crippen LogP contribution in [0.5, 0.6) is 5.75 Å². The van der Waals surface area contributed by atoms with Crippen molar-refractivity contribution in [1.82, 2.24) is 0 Å². The first kappa shape index (κ1) is 14.0. The third-order valence-corrected chi connectivity index (χ3v) is 4.40. The zero-order chi connectivity index (χ0) is 14.8. The second-order valence-corrected chi connectivity index (χ2v) is 6.23. The van der Waals surface area contributed by atoms with Crippen molar-refractivity contribution in [3.8, 4) is 5.75 Å². The molecule has 2 aliphatic rings. The SMILES string of the molecule is CC1CCCC(Nc2cc3c(cc2N)OCC(=O)N3)CC1. The molecule has 1 heterocycles. The zero-order valence-electron chi connectivity index (χ0n) is 12.4. The summed E-state index contributed by atoms with van der Waals surface area (Å²) in [5, 5.41) is 6.37. The number of carbonyl (C=O) groups excluding carboxylic acids is 1. The Bertz CT molecular complexity index is 545. The Morgan fingerprint density at radius 1 is 1.29 bits per heavy atom. The van der Waals surface area contributed by atoms with Gasteiger partial charge in [0, 0.05) is 12.1 Å². The van der Waals surface area contributed by atoms with Crippen LogP contribution in [0, 0.1) is 5.92 Å². The molecule has 1 fully saturated rings. The lowest BCUT2D eigenvalue weighted by Gasteiger charge is -2.23.